The summed E-state index contributed by atoms with van der Waals surface area (Å²) in [6.07, 6.45) is 10.2. The van der Waals surface area contributed by atoms with E-state index in [1.807, 2.05) is 30.3 Å². The van der Waals surface area contributed by atoms with Crippen LogP contribution in [0.2, 0.25) is 0 Å². The second-order valence-electron chi connectivity index (χ2n) is 16.4. The number of carbonyl (C=O) groups is 1. The van der Waals surface area contributed by atoms with Crippen LogP contribution in [0.4, 0.5) is 13.2 Å². The van der Waals surface area contributed by atoms with Crippen LogP contribution < -0.4 is 0 Å². The lowest BCUT2D eigenvalue weighted by molar-refractivity contribution is -0.290. The van der Waals surface area contributed by atoms with Crippen LogP contribution in [0.5, 0.6) is 0 Å². The van der Waals surface area contributed by atoms with Gasteiger partial charge in [-0.05, 0) is 148 Å². The van der Waals surface area contributed by atoms with Crippen molar-refractivity contribution in [2.45, 2.75) is 141 Å². The minimum Gasteiger partial charge on any atom is -0.458 e. The molecule has 5 aliphatic carbocycles. The van der Waals surface area contributed by atoms with E-state index < -0.39 is 11.8 Å². The topological polar surface area (TPSA) is 46.5 Å². The Bertz CT molecular complexity index is 1150. The smallest absolute Gasteiger partial charge is 0.417 e. The number of hydrogen-bond donors (Lipinski definition) is 1. The van der Waals surface area contributed by atoms with Crippen LogP contribution in [0, 0.1) is 52.3 Å². The van der Waals surface area contributed by atoms with Crippen LogP contribution in [0.25, 0.3) is 0 Å². The maximum absolute atomic E-state index is 13.8. The fraction of sp³-hybridized carbons (Fsp3) is 0.816. The summed E-state index contributed by atoms with van der Waals surface area (Å²) >= 11 is 0. The summed E-state index contributed by atoms with van der Waals surface area (Å²) in [6.45, 7) is 7.23. The van der Waals surface area contributed by atoms with Crippen molar-refractivity contribution in [1.29, 1.82) is 0 Å². The number of halogens is 3. The van der Waals surface area contributed by atoms with Gasteiger partial charge in [-0.2, -0.15) is 13.2 Å². The van der Waals surface area contributed by atoms with Crippen molar-refractivity contribution < 1.29 is 27.8 Å². The molecule has 5 saturated carbocycles. The van der Waals surface area contributed by atoms with Gasteiger partial charge in [-0.3, -0.25) is 0 Å². The van der Waals surface area contributed by atoms with Gasteiger partial charge >= 0.3 is 12.1 Å². The molecule has 0 amide bonds. The molecule has 0 aromatic heterocycles. The molecule has 0 bridgehead atoms. The van der Waals surface area contributed by atoms with Crippen LogP contribution in [0.15, 0.2) is 30.3 Å². The highest BCUT2D eigenvalue weighted by molar-refractivity contribution is 5.89. The summed E-state index contributed by atoms with van der Waals surface area (Å²) in [5.41, 5.74) is -1.70. The molecule has 1 aromatic rings. The van der Waals surface area contributed by atoms with Gasteiger partial charge in [-0.15, -0.1) is 0 Å². The molecular weight excluding hydrogens is 561 g/mol. The van der Waals surface area contributed by atoms with E-state index in [1.54, 1.807) is 0 Å². The number of fused-ring (bicyclic) bond motifs is 5. The summed E-state index contributed by atoms with van der Waals surface area (Å²) in [7, 11) is 0. The van der Waals surface area contributed by atoms with Crippen LogP contribution in [-0.2, 0) is 4.74 Å². The minimum absolute atomic E-state index is 0.0249. The van der Waals surface area contributed by atoms with Crippen molar-refractivity contribution in [3.63, 3.8) is 0 Å². The van der Waals surface area contributed by atoms with Gasteiger partial charge in [0.25, 0.3) is 0 Å². The number of ether oxygens (including phenoxy) is 1. The van der Waals surface area contributed by atoms with Crippen molar-refractivity contribution in [3.05, 3.63) is 35.9 Å². The zero-order chi connectivity index (χ0) is 31.3. The molecule has 3 nitrogen and oxygen atoms in total. The van der Waals surface area contributed by atoms with Crippen molar-refractivity contribution in [2.24, 2.45) is 52.3 Å². The Hall–Kier alpha value is -1.56. The summed E-state index contributed by atoms with van der Waals surface area (Å²) in [5, 5.41) is 10.6. The molecule has 6 heteroatoms. The number of esters is 1. The van der Waals surface area contributed by atoms with Crippen LogP contribution in [-0.4, -0.2) is 29.0 Å². The van der Waals surface area contributed by atoms with Gasteiger partial charge in [0.2, 0.25) is 0 Å². The predicted molar refractivity (Wildman–Crippen MR) is 167 cm³/mol. The van der Waals surface area contributed by atoms with E-state index in [0.717, 1.165) is 51.4 Å². The van der Waals surface area contributed by atoms with E-state index in [9.17, 15) is 23.1 Å². The van der Waals surface area contributed by atoms with Crippen LogP contribution in [0.3, 0.4) is 0 Å². The molecule has 1 aromatic carbocycles. The normalized spacial score (nSPS) is 40.8. The highest BCUT2D eigenvalue weighted by atomic mass is 19.4. The van der Waals surface area contributed by atoms with Crippen molar-refractivity contribution in [2.75, 3.05) is 0 Å². The van der Waals surface area contributed by atoms with Crippen LogP contribution >= 0.6 is 0 Å². The first-order valence-electron chi connectivity index (χ1n) is 17.9. The highest BCUT2D eigenvalue weighted by Crippen LogP contribution is 2.69. The molecule has 2 unspecified atom stereocenters. The van der Waals surface area contributed by atoms with E-state index >= 15 is 0 Å². The second kappa shape index (κ2) is 12.2. The first kappa shape index (κ1) is 32.4. The van der Waals surface area contributed by atoms with Gasteiger partial charge in [0.15, 0.2) is 5.60 Å². The summed E-state index contributed by atoms with van der Waals surface area (Å²) in [5.74, 6) is 3.10. The first-order chi connectivity index (χ1) is 20.9. The van der Waals surface area contributed by atoms with Crippen molar-refractivity contribution in [3.8, 4) is 0 Å². The Balaban J connectivity index is 1.11. The molecule has 0 radical (unpaired) electrons. The number of rotatable bonds is 7. The Kier molecular flexibility index (Phi) is 9.00. The number of aliphatic hydroxyl groups is 1. The number of hydrogen-bond acceptors (Lipinski definition) is 3. The predicted octanol–water partition coefficient (Wildman–Crippen LogP) is 10.2. The number of benzene rings is 1. The van der Waals surface area contributed by atoms with Gasteiger partial charge in [0.1, 0.15) is 6.10 Å². The van der Waals surface area contributed by atoms with Crippen molar-refractivity contribution >= 4 is 5.97 Å². The highest BCUT2D eigenvalue weighted by Gasteiger charge is 2.65. The molecule has 246 valence electrons. The molecule has 5 fully saturated rings. The Morgan fingerprint density at radius 1 is 0.886 bits per heavy atom. The molecule has 0 heterocycles. The molecule has 10 atom stereocenters. The zero-order valence-electron chi connectivity index (χ0n) is 27.2. The largest absolute Gasteiger partial charge is 0.458 e. The molecule has 0 saturated heterocycles. The molecule has 6 rings (SSSR count). The third kappa shape index (κ3) is 5.77. The summed E-state index contributed by atoms with van der Waals surface area (Å²) in [6, 6.07) is 9.40. The fourth-order valence-corrected chi connectivity index (χ4v) is 11.8. The lowest BCUT2D eigenvalue weighted by Crippen LogP contribution is -2.59. The summed E-state index contributed by atoms with van der Waals surface area (Å²) < 4.78 is 47.6. The van der Waals surface area contributed by atoms with Gasteiger partial charge in [-0.25, -0.2) is 4.79 Å². The quantitative estimate of drug-likeness (QED) is 0.310. The van der Waals surface area contributed by atoms with Gasteiger partial charge in [-0.1, -0.05) is 58.2 Å². The van der Waals surface area contributed by atoms with E-state index in [0.29, 0.717) is 47.5 Å². The number of alkyl halides is 3. The molecule has 5 aliphatic rings. The monoisotopic (exact) mass is 616 g/mol. The van der Waals surface area contributed by atoms with E-state index in [2.05, 4.69) is 20.8 Å². The van der Waals surface area contributed by atoms with E-state index in [4.69, 9.17) is 4.74 Å². The fourth-order valence-electron chi connectivity index (χ4n) is 11.8. The van der Waals surface area contributed by atoms with E-state index in [1.165, 1.54) is 32.1 Å². The third-order valence-electron chi connectivity index (χ3n) is 14.4. The standard InChI is InChI=1S/C38H55F3O3/c1-25(14-19-33(26-10-6-4-7-11-26)44-34(42)27-12-8-5-9-13-27)30-17-18-31-29-16-15-28-24-37(43,38(39,40)41)23-22-35(28,2)32(29)20-21-36(30,31)3/h5,8-9,12-13,25-26,28-33,43H,4,6-7,10-11,14-24H2,1-3H3/t25-,28+,29+,30?,31+,32+,33?,35+,36-,37+/m1/s1. The first-order valence-corrected chi connectivity index (χ1v) is 17.9. The Morgan fingerprint density at radius 3 is 2.30 bits per heavy atom. The lowest BCUT2D eigenvalue weighted by Gasteiger charge is -2.62. The second-order valence-corrected chi connectivity index (χ2v) is 16.4. The van der Waals surface area contributed by atoms with E-state index in [-0.39, 0.29) is 41.7 Å². The molecule has 44 heavy (non-hydrogen) atoms. The van der Waals surface area contributed by atoms with Gasteiger partial charge in [0, 0.05) is 0 Å². The average molecular weight is 617 g/mol. The Morgan fingerprint density at radius 2 is 1.59 bits per heavy atom. The van der Waals surface area contributed by atoms with Crippen molar-refractivity contribution in [1.82, 2.24) is 0 Å². The molecular formula is C38H55F3O3. The maximum atomic E-state index is 13.8. The zero-order valence-corrected chi connectivity index (χ0v) is 27.2. The Labute approximate surface area is 263 Å². The van der Waals surface area contributed by atoms with Crippen LogP contribution in [0.1, 0.15) is 134 Å². The third-order valence-corrected chi connectivity index (χ3v) is 14.4. The SMILES string of the molecule is C[C@H](CCC(OC(=O)c1ccccc1)C1CCCCC1)C1CC[C@H]2[C@@H]3CC[C@H]4C[C@](O)(C(F)(F)F)CC[C@]4(C)[C@H]3CC[C@]12C. The molecule has 0 aliphatic heterocycles. The minimum atomic E-state index is -4.54. The van der Waals surface area contributed by atoms with Gasteiger partial charge in [0.05, 0.1) is 5.56 Å². The maximum Gasteiger partial charge on any atom is 0.417 e. The average Bonchev–Trinajstić information content (AvgIpc) is 3.37. The summed E-state index contributed by atoms with van der Waals surface area (Å²) in [4.78, 5) is 13.1. The molecule has 0 spiro atoms. The number of carbonyl (C=O) groups excluding carboxylic acids is 1. The molecule has 1 N–H and O–H groups in total. The lowest BCUT2D eigenvalue weighted by atomic mass is 9.43. The van der Waals surface area contributed by atoms with Gasteiger partial charge < -0.3 is 9.84 Å².